The van der Waals surface area contributed by atoms with Crippen LogP contribution in [0.2, 0.25) is 14.8 Å². The molecule has 4 nitrogen and oxygen atoms in total. The van der Waals surface area contributed by atoms with E-state index in [-0.39, 0.29) is 12.5 Å². The van der Waals surface area contributed by atoms with E-state index in [9.17, 15) is 13.5 Å². The Morgan fingerprint density at radius 2 is 1.81 bits per heavy atom. The monoisotopic (exact) mass is 441 g/mol. The van der Waals surface area contributed by atoms with Crippen LogP contribution in [0.1, 0.15) is 26.7 Å². The molecule has 0 amide bonds. The van der Waals surface area contributed by atoms with Crippen LogP contribution in [-0.4, -0.2) is 44.5 Å². The third-order valence-electron chi connectivity index (χ3n) is 3.71. The SMILES string of the molecule is CCC(CC)[C@@H](CO)NS(=O)(=O)c1cc[c]([Sn]([CH3])([CH3])[CH3])s1. The van der Waals surface area contributed by atoms with E-state index in [0.717, 1.165) is 12.8 Å². The number of rotatable bonds is 8. The predicted molar refractivity (Wildman–Crippen MR) is 92.6 cm³/mol. The number of nitrogens with one attached hydrogen (secondary N) is 1. The number of hydrogen-bond donors (Lipinski definition) is 2. The van der Waals surface area contributed by atoms with E-state index in [1.54, 1.807) is 6.07 Å². The molecule has 0 aromatic carbocycles. The van der Waals surface area contributed by atoms with Gasteiger partial charge in [0.1, 0.15) is 0 Å². The van der Waals surface area contributed by atoms with Crippen LogP contribution in [-0.2, 0) is 10.0 Å². The van der Waals surface area contributed by atoms with Gasteiger partial charge in [-0.3, -0.25) is 0 Å². The van der Waals surface area contributed by atoms with Crippen LogP contribution in [0.5, 0.6) is 0 Å². The molecule has 0 bridgehead atoms. The third kappa shape index (κ3) is 5.20. The van der Waals surface area contributed by atoms with Crippen molar-refractivity contribution in [1.29, 1.82) is 0 Å². The van der Waals surface area contributed by atoms with E-state index in [2.05, 4.69) is 19.5 Å². The van der Waals surface area contributed by atoms with Crippen molar-refractivity contribution in [3.63, 3.8) is 0 Å². The van der Waals surface area contributed by atoms with Crippen molar-refractivity contribution in [2.45, 2.75) is 51.8 Å². The molecule has 0 aliphatic heterocycles. The van der Waals surface area contributed by atoms with Crippen LogP contribution in [0, 0.1) is 5.92 Å². The molecule has 0 aliphatic rings. The molecule has 1 aromatic heterocycles. The molecule has 1 heterocycles. The van der Waals surface area contributed by atoms with Gasteiger partial charge in [0.15, 0.2) is 0 Å². The average molecular weight is 440 g/mol. The quantitative estimate of drug-likeness (QED) is 0.611. The Morgan fingerprint density at radius 1 is 1.24 bits per heavy atom. The van der Waals surface area contributed by atoms with Gasteiger partial charge >= 0.3 is 137 Å². The van der Waals surface area contributed by atoms with Crippen molar-refractivity contribution in [3.05, 3.63) is 12.1 Å². The van der Waals surface area contributed by atoms with Gasteiger partial charge < -0.3 is 0 Å². The zero-order valence-electron chi connectivity index (χ0n) is 13.5. The fourth-order valence-corrected chi connectivity index (χ4v) is 10.8. The number of aliphatic hydroxyl groups is 1. The van der Waals surface area contributed by atoms with E-state index in [1.165, 1.54) is 14.2 Å². The molecular weight excluding hydrogens is 413 g/mol. The predicted octanol–water partition coefficient (Wildman–Crippen LogP) is 2.37. The summed E-state index contributed by atoms with van der Waals surface area (Å²) in [6.07, 6.45) is 1.69. The Bertz CT molecular complexity index is 545. The molecule has 1 atom stereocenters. The summed E-state index contributed by atoms with van der Waals surface area (Å²) < 4.78 is 29.3. The van der Waals surface area contributed by atoms with Gasteiger partial charge in [-0.15, -0.1) is 0 Å². The van der Waals surface area contributed by atoms with Crippen LogP contribution in [0.25, 0.3) is 0 Å². The fraction of sp³-hybridized carbons (Fsp3) is 0.714. The summed E-state index contributed by atoms with van der Waals surface area (Å²) in [4.78, 5) is 6.81. The Morgan fingerprint density at radius 3 is 2.19 bits per heavy atom. The van der Waals surface area contributed by atoms with Crippen LogP contribution in [0.15, 0.2) is 16.3 Å². The maximum atomic E-state index is 12.5. The molecule has 2 N–H and O–H groups in total. The van der Waals surface area contributed by atoms with E-state index in [4.69, 9.17) is 0 Å². The van der Waals surface area contributed by atoms with Crippen LogP contribution in [0.3, 0.4) is 0 Å². The van der Waals surface area contributed by atoms with Crippen molar-refractivity contribution in [1.82, 2.24) is 4.72 Å². The first-order valence-electron chi connectivity index (χ1n) is 7.39. The topological polar surface area (TPSA) is 66.4 Å². The van der Waals surface area contributed by atoms with Crippen molar-refractivity contribution >= 4 is 42.6 Å². The summed E-state index contributed by atoms with van der Waals surface area (Å²) in [7, 11) is -3.53. The summed E-state index contributed by atoms with van der Waals surface area (Å²) >= 11 is -0.844. The Labute approximate surface area is 136 Å². The van der Waals surface area contributed by atoms with E-state index < -0.39 is 34.4 Å². The molecule has 0 spiro atoms. The molecule has 1 rings (SSSR count). The number of hydrogen-bond acceptors (Lipinski definition) is 4. The molecule has 0 saturated heterocycles. The van der Waals surface area contributed by atoms with Gasteiger partial charge in [-0.05, 0) is 0 Å². The Kier molecular flexibility index (Phi) is 7.18. The Balaban J connectivity index is 2.98. The first-order chi connectivity index (χ1) is 9.65. The third-order valence-corrected chi connectivity index (χ3v) is 16.3. The second-order valence-electron chi connectivity index (χ2n) is 6.36. The minimum atomic E-state index is -3.53. The summed E-state index contributed by atoms with van der Waals surface area (Å²) in [6.45, 7) is 3.87. The van der Waals surface area contributed by atoms with Gasteiger partial charge in [-0.25, -0.2) is 0 Å². The van der Waals surface area contributed by atoms with Crippen LogP contribution < -0.4 is 7.62 Å². The molecule has 1 aromatic rings. The maximum absolute atomic E-state index is 12.5. The first-order valence-corrected chi connectivity index (χ1v) is 19.7. The normalized spacial score (nSPS) is 14.6. The molecule has 0 fully saturated rings. The second kappa shape index (κ2) is 7.77. The van der Waals surface area contributed by atoms with Gasteiger partial charge in [0.25, 0.3) is 0 Å². The zero-order chi connectivity index (χ0) is 16.3. The molecule has 7 heteroatoms. The van der Waals surface area contributed by atoms with Gasteiger partial charge in [0.2, 0.25) is 0 Å². The van der Waals surface area contributed by atoms with E-state index in [1.807, 2.05) is 19.9 Å². The van der Waals surface area contributed by atoms with Gasteiger partial charge in [0, 0.05) is 0 Å². The van der Waals surface area contributed by atoms with Crippen molar-refractivity contribution in [2.75, 3.05) is 6.61 Å². The Hall–Kier alpha value is 0.369. The number of aliphatic hydroxyl groups excluding tert-OH is 1. The van der Waals surface area contributed by atoms with Crippen molar-refractivity contribution < 1.29 is 13.5 Å². The average Bonchev–Trinajstić information content (AvgIpc) is 2.89. The van der Waals surface area contributed by atoms with Crippen LogP contribution >= 0.6 is 11.3 Å². The summed E-state index contributed by atoms with van der Waals surface area (Å²) in [6, 6.07) is 3.25. The van der Waals surface area contributed by atoms with Gasteiger partial charge in [-0.1, -0.05) is 0 Å². The van der Waals surface area contributed by atoms with Crippen molar-refractivity contribution in [3.8, 4) is 0 Å². The molecular formula is C14H27NO3S2Sn. The first kappa shape index (κ1) is 19.4. The minimum absolute atomic E-state index is 0.158. The molecule has 0 radical (unpaired) electrons. The number of sulfonamides is 1. The summed E-state index contributed by atoms with van der Waals surface area (Å²) in [5, 5.41) is 9.49. The van der Waals surface area contributed by atoms with E-state index >= 15 is 0 Å². The van der Waals surface area contributed by atoms with Crippen LogP contribution in [0.4, 0.5) is 0 Å². The molecule has 122 valence electrons. The molecule has 0 aliphatic carbocycles. The number of thiophene rings is 1. The molecule has 0 unspecified atom stereocenters. The molecule has 21 heavy (non-hydrogen) atoms. The summed E-state index contributed by atoms with van der Waals surface area (Å²) in [5.41, 5.74) is 0. The summed E-state index contributed by atoms with van der Waals surface area (Å²) in [5.74, 6) is 0.158. The second-order valence-corrected chi connectivity index (χ2v) is 24.8. The van der Waals surface area contributed by atoms with Gasteiger partial charge in [-0.2, -0.15) is 0 Å². The zero-order valence-corrected chi connectivity index (χ0v) is 18.0. The van der Waals surface area contributed by atoms with Gasteiger partial charge in [0.05, 0.1) is 0 Å². The van der Waals surface area contributed by atoms with E-state index in [0.29, 0.717) is 4.21 Å². The standard InChI is InChI=1S/C11H18NO3S2.3CH3.Sn/c1-3-9(4-2)10(8-13)12-17(14,15)11-6-5-7-16-11;;;;/h5-6,9-10,12-13H,3-4,8H2,1-2H3;3*1H3;/t10-;;;;/m1..../s1. The molecule has 0 saturated carbocycles. The van der Waals surface area contributed by atoms with Crippen molar-refractivity contribution in [2.24, 2.45) is 5.92 Å². The fourth-order valence-electron chi connectivity index (χ4n) is 2.27.